The normalized spacial score (nSPS) is 14.0. The van der Waals surface area contributed by atoms with Crippen molar-refractivity contribution in [3.8, 4) is 0 Å². The molecule has 0 radical (unpaired) electrons. The first kappa shape index (κ1) is 30.8. The topological polar surface area (TPSA) is 220 Å². The maximum absolute atomic E-state index is 12.8. The van der Waals surface area contributed by atoms with Crippen molar-refractivity contribution in [2.75, 3.05) is 31.8 Å². The van der Waals surface area contributed by atoms with Crippen LogP contribution in [0.3, 0.4) is 0 Å². The number of carboxylic acids is 1. The summed E-state index contributed by atoms with van der Waals surface area (Å²) in [6.07, 6.45) is 2.06. The number of hydrogen-bond acceptors (Lipinski definition) is 9. The van der Waals surface area contributed by atoms with Crippen LogP contribution >= 0.6 is 11.8 Å². The van der Waals surface area contributed by atoms with Gasteiger partial charge in [0.1, 0.15) is 24.2 Å². The van der Waals surface area contributed by atoms with Gasteiger partial charge in [0, 0.05) is 6.42 Å². The zero-order valence-electron chi connectivity index (χ0n) is 19.8. The SMILES string of the molecule is CSCC[C@H](NC(=O)CNC(=O)[C@H](Cc1ccccc1)NC(=O)[C@@H](N)CO)C(=O)N[C@@H](CO)C(=O)O. The lowest BCUT2D eigenvalue weighted by Crippen LogP contribution is -2.56. The molecule has 200 valence electrons. The lowest BCUT2D eigenvalue weighted by Gasteiger charge is -2.22. The molecule has 9 N–H and O–H groups in total. The number of nitrogens with one attached hydrogen (secondary N) is 4. The van der Waals surface area contributed by atoms with Crippen molar-refractivity contribution >= 4 is 41.4 Å². The number of thioether (sulfide) groups is 1. The number of carbonyl (C=O) groups excluding carboxylic acids is 4. The van der Waals surface area contributed by atoms with Crippen LogP contribution in [0.15, 0.2) is 30.3 Å². The average molecular weight is 528 g/mol. The molecule has 1 aromatic carbocycles. The second-order valence-corrected chi connectivity index (χ2v) is 8.73. The van der Waals surface area contributed by atoms with Gasteiger partial charge in [-0.25, -0.2) is 4.79 Å². The van der Waals surface area contributed by atoms with E-state index in [4.69, 9.17) is 21.1 Å². The van der Waals surface area contributed by atoms with E-state index < -0.39 is 73.5 Å². The summed E-state index contributed by atoms with van der Waals surface area (Å²) < 4.78 is 0. The van der Waals surface area contributed by atoms with Gasteiger partial charge in [-0.15, -0.1) is 0 Å². The first-order chi connectivity index (χ1) is 17.1. The van der Waals surface area contributed by atoms with E-state index in [1.807, 2.05) is 0 Å². The van der Waals surface area contributed by atoms with Gasteiger partial charge in [0.2, 0.25) is 23.6 Å². The summed E-state index contributed by atoms with van der Waals surface area (Å²) in [6, 6.07) is 3.83. The largest absolute Gasteiger partial charge is 0.480 e. The molecule has 0 aliphatic heterocycles. The standard InChI is InChI=1S/C22H33N5O8S/c1-36-8-7-15(21(33)27-17(12-29)22(34)35)25-18(30)10-24-20(32)16(26-19(31)14(23)11-28)9-13-5-3-2-4-6-13/h2-6,14-17,28-29H,7-12,23H2,1H3,(H,24,32)(H,25,30)(H,26,31)(H,27,33)(H,34,35)/t14-,15-,16-,17-/m0/s1. The number of amides is 4. The summed E-state index contributed by atoms with van der Waals surface area (Å²) in [5.74, 6) is -3.92. The Balaban J connectivity index is 2.81. The Hall–Kier alpha value is -3.20. The van der Waals surface area contributed by atoms with Crippen molar-refractivity contribution in [1.29, 1.82) is 0 Å². The van der Waals surface area contributed by atoms with Crippen molar-refractivity contribution in [3.63, 3.8) is 0 Å². The van der Waals surface area contributed by atoms with Crippen molar-refractivity contribution in [3.05, 3.63) is 35.9 Å². The minimum Gasteiger partial charge on any atom is -0.480 e. The minimum absolute atomic E-state index is 0.0919. The highest BCUT2D eigenvalue weighted by Crippen LogP contribution is 2.05. The fourth-order valence-electron chi connectivity index (χ4n) is 2.92. The lowest BCUT2D eigenvalue weighted by atomic mass is 10.0. The highest BCUT2D eigenvalue weighted by Gasteiger charge is 2.27. The third kappa shape index (κ3) is 11.0. The number of hydrogen-bond donors (Lipinski definition) is 8. The summed E-state index contributed by atoms with van der Waals surface area (Å²) >= 11 is 1.40. The van der Waals surface area contributed by atoms with Gasteiger partial charge in [-0.05, 0) is 24.0 Å². The zero-order valence-corrected chi connectivity index (χ0v) is 20.6. The van der Waals surface area contributed by atoms with Crippen LogP contribution in [0.4, 0.5) is 0 Å². The van der Waals surface area contributed by atoms with E-state index in [1.165, 1.54) is 11.8 Å². The predicted molar refractivity (Wildman–Crippen MR) is 132 cm³/mol. The van der Waals surface area contributed by atoms with Crippen molar-refractivity contribution in [1.82, 2.24) is 21.3 Å². The van der Waals surface area contributed by atoms with Gasteiger partial charge in [0.25, 0.3) is 0 Å². The Kier molecular flexibility index (Phi) is 14.1. The predicted octanol–water partition coefficient (Wildman–Crippen LogP) is -3.05. The molecule has 0 unspecified atom stereocenters. The molecule has 0 saturated heterocycles. The molecule has 14 heteroatoms. The van der Waals surface area contributed by atoms with Crippen LogP contribution < -0.4 is 27.0 Å². The van der Waals surface area contributed by atoms with Gasteiger partial charge in [-0.1, -0.05) is 30.3 Å². The second kappa shape index (κ2) is 16.5. The Morgan fingerprint density at radius 2 is 1.53 bits per heavy atom. The van der Waals surface area contributed by atoms with Gasteiger partial charge >= 0.3 is 5.97 Å². The molecule has 0 saturated carbocycles. The van der Waals surface area contributed by atoms with E-state index in [0.29, 0.717) is 5.75 Å². The van der Waals surface area contributed by atoms with Gasteiger partial charge in [0.05, 0.1) is 19.8 Å². The quantitative estimate of drug-likeness (QED) is 0.108. The molecule has 13 nitrogen and oxygen atoms in total. The molecule has 1 rings (SSSR count). The number of rotatable bonds is 16. The molecule has 4 amide bonds. The monoisotopic (exact) mass is 527 g/mol. The summed E-state index contributed by atoms with van der Waals surface area (Å²) in [7, 11) is 0. The molecule has 4 atom stereocenters. The first-order valence-electron chi connectivity index (χ1n) is 11.0. The molecule has 0 heterocycles. The van der Waals surface area contributed by atoms with Crippen molar-refractivity contribution in [2.45, 2.75) is 37.0 Å². The molecule has 0 spiro atoms. The Morgan fingerprint density at radius 1 is 0.889 bits per heavy atom. The third-order valence-electron chi connectivity index (χ3n) is 4.93. The molecule has 36 heavy (non-hydrogen) atoms. The summed E-state index contributed by atoms with van der Waals surface area (Å²) in [6.45, 7) is -1.97. The maximum Gasteiger partial charge on any atom is 0.328 e. The number of aliphatic hydroxyl groups is 2. The van der Waals surface area contributed by atoms with E-state index in [9.17, 15) is 24.0 Å². The van der Waals surface area contributed by atoms with Gasteiger partial charge in [0.15, 0.2) is 0 Å². The molecule has 0 aliphatic carbocycles. The molecule has 0 aromatic heterocycles. The van der Waals surface area contributed by atoms with Crippen molar-refractivity contribution < 1.29 is 39.3 Å². The zero-order chi connectivity index (χ0) is 27.1. The first-order valence-corrected chi connectivity index (χ1v) is 12.4. The van der Waals surface area contributed by atoms with E-state index in [2.05, 4.69) is 21.3 Å². The Morgan fingerprint density at radius 3 is 2.08 bits per heavy atom. The molecule has 0 bridgehead atoms. The number of carboxylic acid groups (broad SMARTS) is 1. The number of benzene rings is 1. The fraction of sp³-hybridized carbons (Fsp3) is 0.500. The van der Waals surface area contributed by atoms with Crippen LogP contribution in [0.25, 0.3) is 0 Å². The van der Waals surface area contributed by atoms with Crippen LogP contribution in [0.5, 0.6) is 0 Å². The third-order valence-corrected chi connectivity index (χ3v) is 5.58. The van der Waals surface area contributed by atoms with Gasteiger partial charge < -0.3 is 42.3 Å². The molecule has 1 aromatic rings. The van der Waals surface area contributed by atoms with Crippen LogP contribution in [-0.2, 0) is 30.4 Å². The number of nitrogens with two attached hydrogens (primary N) is 1. The summed E-state index contributed by atoms with van der Waals surface area (Å²) in [4.78, 5) is 60.9. The second-order valence-electron chi connectivity index (χ2n) is 7.74. The van der Waals surface area contributed by atoms with E-state index in [-0.39, 0.29) is 12.8 Å². The highest BCUT2D eigenvalue weighted by molar-refractivity contribution is 7.98. The average Bonchev–Trinajstić information content (AvgIpc) is 2.87. The molecule has 0 fully saturated rings. The summed E-state index contributed by atoms with van der Waals surface area (Å²) in [5, 5.41) is 36.7. The van der Waals surface area contributed by atoms with E-state index in [1.54, 1.807) is 36.6 Å². The molecular formula is C22H33N5O8S. The summed E-state index contributed by atoms with van der Waals surface area (Å²) in [5.41, 5.74) is 6.24. The highest BCUT2D eigenvalue weighted by atomic mass is 32.2. The number of aliphatic hydroxyl groups excluding tert-OH is 2. The lowest BCUT2D eigenvalue weighted by molar-refractivity contribution is -0.143. The minimum atomic E-state index is -1.53. The van der Waals surface area contributed by atoms with Crippen LogP contribution in [0, 0.1) is 0 Å². The van der Waals surface area contributed by atoms with E-state index >= 15 is 0 Å². The van der Waals surface area contributed by atoms with Crippen molar-refractivity contribution in [2.24, 2.45) is 5.73 Å². The van der Waals surface area contributed by atoms with Gasteiger partial charge in [-0.3, -0.25) is 19.2 Å². The molecular weight excluding hydrogens is 494 g/mol. The maximum atomic E-state index is 12.8. The van der Waals surface area contributed by atoms with Gasteiger partial charge in [-0.2, -0.15) is 11.8 Å². The smallest absolute Gasteiger partial charge is 0.328 e. The van der Waals surface area contributed by atoms with Crippen LogP contribution in [0.1, 0.15) is 12.0 Å². The fourth-order valence-corrected chi connectivity index (χ4v) is 3.39. The Bertz CT molecular complexity index is 888. The Labute approximate surface area is 212 Å². The van der Waals surface area contributed by atoms with Crippen LogP contribution in [0.2, 0.25) is 0 Å². The molecule has 0 aliphatic rings. The van der Waals surface area contributed by atoms with E-state index in [0.717, 1.165) is 5.56 Å². The number of aliphatic carboxylic acids is 1. The number of carbonyl (C=O) groups is 5. The van der Waals surface area contributed by atoms with Crippen LogP contribution in [-0.4, -0.2) is 101 Å².